The Labute approximate surface area is 128 Å². The third-order valence-electron chi connectivity index (χ3n) is 4.61. The molecule has 1 fully saturated rings. The number of rotatable bonds is 2. The van der Waals surface area contributed by atoms with E-state index in [4.69, 9.17) is 11.6 Å². The standard InChI is InChI=1S/C17H15ClN2O/c18-11-7-8-19-14(9-11)20-17(21)16-13-6-5-10-3-1-2-4-12(10)15(13)16/h1-4,7-9,13,15-16H,5-6H2,(H,19,20,21). The number of carbonyl (C=O) groups excluding carboxylic acids is 1. The number of halogens is 1. The van der Waals surface area contributed by atoms with E-state index in [2.05, 4.69) is 34.6 Å². The van der Waals surface area contributed by atoms with Crippen molar-refractivity contribution in [2.45, 2.75) is 18.8 Å². The van der Waals surface area contributed by atoms with Crippen LogP contribution in [0.5, 0.6) is 0 Å². The van der Waals surface area contributed by atoms with Crippen LogP contribution in [0.15, 0.2) is 42.6 Å². The molecule has 1 saturated carbocycles. The number of pyridine rings is 1. The second-order valence-electron chi connectivity index (χ2n) is 5.80. The number of carbonyl (C=O) groups is 1. The van der Waals surface area contributed by atoms with E-state index >= 15 is 0 Å². The van der Waals surface area contributed by atoms with Gasteiger partial charge in [0.2, 0.25) is 5.91 Å². The predicted octanol–water partition coefficient (Wildman–Crippen LogP) is 3.65. The minimum atomic E-state index is 0.0662. The Morgan fingerprint density at radius 2 is 2.14 bits per heavy atom. The van der Waals surface area contributed by atoms with Gasteiger partial charge in [-0.15, -0.1) is 0 Å². The van der Waals surface area contributed by atoms with Crippen molar-refractivity contribution in [3.8, 4) is 0 Å². The zero-order valence-corrected chi connectivity index (χ0v) is 12.2. The number of hydrogen-bond donors (Lipinski definition) is 1. The molecule has 2 aliphatic carbocycles. The normalized spacial score (nSPS) is 25.7. The molecule has 1 amide bonds. The fraction of sp³-hybridized carbons (Fsp3) is 0.294. The van der Waals surface area contributed by atoms with Gasteiger partial charge in [-0.1, -0.05) is 35.9 Å². The van der Waals surface area contributed by atoms with Gasteiger partial charge in [0.25, 0.3) is 0 Å². The van der Waals surface area contributed by atoms with Gasteiger partial charge in [-0.3, -0.25) is 4.79 Å². The Morgan fingerprint density at radius 3 is 3.00 bits per heavy atom. The molecule has 0 aliphatic heterocycles. The number of fused-ring (bicyclic) bond motifs is 3. The Balaban J connectivity index is 1.53. The summed E-state index contributed by atoms with van der Waals surface area (Å²) in [5.41, 5.74) is 2.75. The van der Waals surface area contributed by atoms with Crippen LogP contribution in [0.3, 0.4) is 0 Å². The van der Waals surface area contributed by atoms with Crippen molar-refractivity contribution in [2.75, 3.05) is 5.32 Å². The number of aryl methyl sites for hydroxylation is 1. The van der Waals surface area contributed by atoms with E-state index in [1.165, 1.54) is 11.1 Å². The fourth-order valence-electron chi connectivity index (χ4n) is 3.61. The van der Waals surface area contributed by atoms with Crippen LogP contribution in [-0.2, 0) is 11.2 Å². The van der Waals surface area contributed by atoms with Crippen LogP contribution in [0.1, 0.15) is 23.5 Å². The Bertz CT molecular complexity index is 715. The van der Waals surface area contributed by atoms with Gasteiger partial charge in [0, 0.05) is 17.1 Å². The monoisotopic (exact) mass is 298 g/mol. The second-order valence-corrected chi connectivity index (χ2v) is 6.24. The van der Waals surface area contributed by atoms with E-state index in [1.807, 2.05) is 0 Å². The largest absolute Gasteiger partial charge is 0.310 e. The minimum absolute atomic E-state index is 0.0662. The first kappa shape index (κ1) is 12.8. The molecule has 0 bridgehead atoms. The van der Waals surface area contributed by atoms with E-state index in [-0.39, 0.29) is 11.8 Å². The molecular formula is C17H15ClN2O. The predicted molar refractivity (Wildman–Crippen MR) is 82.4 cm³/mol. The van der Waals surface area contributed by atoms with E-state index in [0.717, 1.165) is 12.8 Å². The van der Waals surface area contributed by atoms with Crippen LogP contribution >= 0.6 is 11.6 Å². The molecule has 4 rings (SSSR count). The van der Waals surface area contributed by atoms with Crippen molar-refractivity contribution in [1.29, 1.82) is 0 Å². The highest BCUT2D eigenvalue weighted by Crippen LogP contribution is 2.60. The maximum atomic E-state index is 12.5. The van der Waals surface area contributed by atoms with Gasteiger partial charge in [0.15, 0.2) is 0 Å². The smallest absolute Gasteiger partial charge is 0.229 e. The summed E-state index contributed by atoms with van der Waals surface area (Å²) in [7, 11) is 0. The first-order valence-electron chi connectivity index (χ1n) is 7.24. The number of nitrogens with one attached hydrogen (secondary N) is 1. The highest BCUT2D eigenvalue weighted by Gasteiger charge is 2.56. The number of anilines is 1. The topological polar surface area (TPSA) is 42.0 Å². The molecule has 106 valence electrons. The number of nitrogens with zero attached hydrogens (tertiary/aromatic N) is 1. The van der Waals surface area contributed by atoms with Crippen LogP contribution in [-0.4, -0.2) is 10.9 Å². The maximum Gasteiger partial charge on any atom is 0.229 e. The second kappa shape index (κ2) is 4.85. The van der Waals surface area contributed by atoms with Crippen LogP contribution in [0.25, 0.3) is 0 Å². The SMILES string of the molecule is O=C(Nc1cc(Cl)ccn1)C1C2CCc3ccccc3C21. The molecule has 0 saturated heterocycles. The summed E-state index contributed by atoms with van der Waals surface area (Å²) in [5.74, 6) is 1.54. The summed E-state index contributed by atoms with van der Waals surface area (Å²) in [6.45, 7) is 0. The molecule has 4 heteroatoms. The zero-order valence-electron chi connectivity index (χ0n) is 11.4. The van der Waals surface area contributed by atoms with Gasteiger partial charge in [-0.05, 0) is 47.9 Å². The van der Waals surface area contributed by atoms with Crippen molar-refractivity contribution in [1.82, 2.24) is 4.98 Å². The molecular weight excluding hydrogens is 284 g/mol. The average Bonchev–Trinajstić information content (AvgIpc) is 3.22. The lowest BCUT2D eigenvalue weighted by Crippen LogP contribution is -2.16. The number of amides is 1. The van der Waals surface area contributed by atoms with Crippen molar-refractivity contribution >= 4 is 23.3 Å². The first-order valence-corrected chi connectivity index (χ1v) is 7.62. The van der Waals surface area contributed by atoms with Gasteiger partial charge in [-0.25, -0.2) is 4.98 Å². The summed E-state index contributed by atoms with van der Waals surface area (Å²) in [4.78, 5) is 16.6. The lowest BCUT2D eigenvalue weighted by atomic mass is 9.92. The van der Waals surface area contributed by atoms with E-state index in [0.29, 0.717) is 22.7 Å². The van der Waals surface area contributed by atoms with Crippen molar-refractivity contribution in [2.24, 2.45) is 11.8 Å². The zero-order chi connectivity index (χ0) is 14.4. The molecule has 3 unspecified atom stereocenters. The molecule has 1 aromatic heterocycles. The Kier molecular flexibility index (Phi) is 2.96. The quantitative estimate of drug-likeness (QED) is 0.919. The van der Waals surface area contributed by atoms with E-state index < -0.39 is 0 Å². The van der Waals surface area contributed by atoms with Crippen molar-refractivity contribution in [3.05, 3.63) is 58.7 Å². The lowest BCUT2D eigenvalue weighted by Gasteiger charge is -2.13. The number of aromatic nitrogens is 1. The van der Waals surface area contributed by atoms with Crippen LogP contribution in [0.2, 0.25) is 5.02 Å². The van der Waals surface area contributed by atoms with Crippen LogP contribution in [0.4, 0.5) is 5.82 Å². The maximum absolute atomic E-state index is 12.5. The lowest BCUT2D eigenvalue weighted by molar-refractivity contribution is -0.117. The highest BCUT2D eigenvalue weighted by molar-refractivity contribution is 6.30. The molecule has 2 aromatic rings. The van der Waals surface area contributed by atoms with Gasteiger partial charge >= 0.3 is 0 Å². The molecule has 0 radical (unpaired) electrons. The molecule has 3 atom stereocenters. The van der Waals surface area contributed by atoms with Crippen molar-refractivity contribution in [3.63, 3.8) is 0 Å². The third-order valence-corrected chi connectivity index (χ3v) is 4.84. The Hall–Kier alpha value is -1.87. The summed E-state index contributed by atoms with van der Waals surface area (Å²) in [6, 6.07) is 11.9. The first-order chi connectivity index (χ1) is 10.2. The molecule has 1 N–H and O–H groups in total. The molecule has 1 heterocycles. The van der Waals surface area contributed by atoms with Gasteiger partial charge in [0.05, 0.1) is 0 Å². The van der Waals surface area contributed by atoms with Crippen LogP contribution in [0, 0.1) is 11.8 Å². The summed E-state index contributed by atoms with van der Waals surface area (Å²) in [6.07, 6.45) is 3.78. The average molecular weight is 299 g/mol. The third kappa shape index (κ3) is 2.22. The number of hydrogen-bond acceptors (Lipinski definition) is 2. The molecule has 1 aromatic carbocycles. The van der Waals surface area contributed by atoms with Crippen molar-refractivity contribution < 1.29 is 4.79 Å². The van der Waals surface area contributed by atoms with Crippen LogP contribution < -0.4 is 5.32 Å². The highest BCUT2D eigenvalue weighted by atomic mass is 35.5. The molecule has 3 nitrogen and oxygen atoms in total. The van der Waals surface area contributed by atoms with Gasteiger partial charge < -0.3 is 5.32 Å². The number of benzene rings is 1. The Morgan fingerprint density at radius 1 is 1.29 bits per heavy atom. The summed E-state index contributed by atoms with van der Waals surface area (Å²) >= 11 is 5.92. The molecule has 2 aliphatic rings. The fourth-order valence-corrected chi connectivity index (χ4v) is 3.77. The minimum Gasteiger partial charge on any atom is -0.310 e. The summed E-state index contributed by atoms with van der Waals surface area (Å²) < 4.78 is 0. The van der Waals surface area contributed by atoms with E-state index in [1.54, 1.807) is 18.3 Å². The van der Waals surface area contributed by atoms with Gasteiger partial charge in [0.1, 0.15) is 5.82 Å². The molecule has 0 spiro atoms. The van der Waals surface area contributed by atoms with Gasteiger partial charge in [-0.2, -0.15) is 0 Å². The summed E-state index contributed by atoms with van der Waals surface area (Å²) in [5, 5.41) is 3.48. The molecule has 21 heavy (non-hydrogen) atoms. The van der Waals surface area contributed by atoms with E-state index in [9.17, 15) is 4.79 Å².